The molecule has 0 radical (unpaired) electrons. The molecule has 0 saturated heterocycles. The molecule has 1 heterocycles. The van der Waals surface area contributed by atoms with E-state index in [0.29, 0.717) is 4.80 Å². The number of carbonyl (C=O) groups excluding carboxylic acids is 1. The molecule has 0 aliphatic heterocycles. The van der Waals surface area contributed by atoms with Crippen LogP contribution in [0.25, 0.3) is 10.2 Å². The van der Waals surface area contributed by atoms with Crippen LogP contribution in [-0.2, 0) is 28.1 Å². The Balaban J connectivity index is 1.91. The average Bonchev–Trinajstić information content (AvgIpc) is 2.82. The number of benzene rings is 2. The summed E-state index contributed by atoms with van der Waals surface area (Å²) in [5.41, 5.74) is 4.16. The van der Waals surface area contributed by atoms with E-state index in [1.54, 1.807) is 12.1 Å². The van der Waals surface area contributed by atoms with Crippen molar-refractivity contribution >= 4 is 37.3 Å². The number of hydrogen-bond donors (Lipinski definition) is 0. The lowest BCUT2D eigenvalue weighted by atomic mass is 10.1. The maximum atomic E-state index is 12.4. The Morgan fingerprint density at radius 3 is 2.42 bits per heavy atom. The first-order valence-corrected chi connectivity index (χ1v) is 10.8. The molecule has 1 amide bonds. The predicted molar refractivity (Wildman–Crippen MR) is 104 cm³/mol. The van der Waals surface area contributed by atoms with Crippen LogP contribution in [0.1, 0.15) is 16.7 Å². The first-order valence-electron chi connectivity index (χ1n) is 8.08. The predicted octanol–water partition coefficient (Wildman–Crippen LogP) is 2.93. The Labute approximate surface area is 156 Å². The molecular weight excluding hydrogens is 368 g/mol. The minimum absolute atomic E-state index is 0.135. The minimum atomic E-state index is -3.23. The van der Waals surface area contributed by atoms with E-state index in [9.17, 15) is 13.2 Å². The third-order valence-electron chi connectivity index (χ3n) is 4.16. The molecule has 5 nitrogen and oxygen atoms in total. The Morgan fingerprint density at radius 1 is 1.15 bits per heavy atom. The summed E-state index contributed by atoms with van der Waals surface area (Å²) >= 11 is 1.49. The van der Waals surface area contributed by atoms with E-state index >= 15 is 0 Å². The van der Waals surface area contributed by atoms with Gasteiger partial charge in [-0.05, 0) is 48.7 Å². The van der Waals surface area contributed by atoms with Gasteiger partial charge in [-0.1, -0.05) is 29.5 Å². The molecular formula is C19H20N2O3S2. The van der Waals surface area contributed by atoms with Crippen molar-refractivity contribution in [1.82, 2.24) is 4.57 Å². The molecule has 0 N–H and O–H groups in total. The van der Waals surface area contributed by atoms with E-state index in [-0.39, 0.29) is 17.2 Å². The first-order chi connectivity index (χ1) is 12.1. The highest BCUT2D eigenvalue weighted by molar-refractivity contribution is 7.90. The molecule has 136 valence electrons. The van der Waals surface area contributed by atoms with E-state index in [2.05, 4.69) is 24.0 Å². The number of fused-ring (bicyclic) bond motifs is 1. The van der Waals surface area contributed by atoms with Gasteiger partial charge in [0, 0.05) is 13.3 Å². The molecule has 7 heteroatoms. The van der Waals surface area contributed by atoms with Crippen LogP contribution in [0.3, 0.4) is 0 Å². The van der Waals surface area contributed by atoms with E-state index in [1.807, 2.05) is 18.5 Å². The molecule has 0 saturated carbocycles. The Hall–Kier alpha value is -2.25. The Kier molecular flexibility index (Phi) is 4.86. The van der Waals surface area contributed by atoms with Crippen molar-refractivity contribution in [3.63, 3.8) is 0 Å². The molecule has 0 aliphatic rings. The first kappa shape index (κ1) is 18.5. The van der Waals surface area contributed by atoms with Crippen LogP contribution in [-0.4, -0.2) is 25.1 Å². The van der Waals surface area contributed by atoms with Crippen LogP contribution in [0.5, 0.6) is 0 Å². The Morgan fingerprint density at radius 2 is 1.81 bits per heavy atom. The molecule has 3 aromatic rings. The number of hydrogen-bond acceptors (Lipinski definition) is 4. The topological polar surface area (TPSA) is 68.5 Å². The van der Waals surface area contributed by atoms with Crippen molar-refractivity contribution in [3.05, 3.63) is 57.9 Å². The van der Waals surface area contributed by atoms with Gasteiger partial charge in [-0.15, -0.1) is 0 Å². The highest BCUT2D eigenvalue weighted by Crippen LogP contribution is 2.22. The van der Waals surface area contributed by atoms with Gasteiger partial charge in [0.15, 0.2) is 14.6 Å². The molecule has 26 heavy (non-hydrogen) atoms. The van der Waals surface area contributed by atoms with Gasteiger partial charge < -0.3 is 4.57 Å². The number of nitrogens with zero attached hydrogens (tertiary/aromatic N) is 2. The zero-order valence-corrected chi connectivity index (χ0v) is 16.7. The SMILES string of the molecule is Cc1cc(C)c2c(c1)sc(=NC(=O)Cc1ccc(S(C)(=O)=O)cc1)n2C. The molecule has 0 aliphatic carbocycles. The molecule has 0 unspecified atom stereocenters. The maximum Gasteiger partial charge on any atom is 0.252 e. The highest BCUT2D eigenvalue weighted by atomic mass is 32.2. The number of carbonyl (C=O) groups is 1. The van der Waals surface area contributed by atoms with Crippen molar-refractivity contribution in [2.24, 2.45) is 12.0 Å². The van der Waals surface area contributed by atoms with Crippen molar-refractivity contribution in [2.45, 2.75) is 25.2 Å². The average molecular weight is 389 g/mol. The zero-order chi connectivity index (χ0) is 19.1. The van der Waals surface area contributed by atoms with Crippen LogP contribution >= 0.6 is 11.3 Å². The largest absolute Gasteiger partial charge is 0.319 e. The smallest absolute Gasteiger partial charge is 0.252 e. The summed E-state index contributed by atoms with van der Waals surface area (Å²) in [6, 6.07) is 10.6. The van der Waals surface area contributed by atoms with Gasteiger partial charge in [-0.25, -0.2) is 8.42 Å². The quantitative estimate of drug-likeness (QED) is 0.693. The monoisotopic (exact) mass is 388 g/mol. The fourth-order valence-electron chi connectivity index (χ4n) is 2.96. The van der Waals surface area contributed by atoms with Crippen molar-refractivity contribution in [2.75, 3.05) is 6.26 Å². The molecule has 3 rings (SSSR count). The summed E-state index contributed by atoms with van der Waals surface area (Å²) in [6.45, 7) is 4.10. The van der Waals surface area contributed by atoms with Crippen molar-refractivity contribution in [3.8, 4) is 0 Å². The lowest BCUT2D eigenvalue weighted by Gasteiger charge is -2.02. The van der Waals surface area contributed by atoms with Gasteiger partial charge in [-0.3, -0.25) is 4.79 Å². The van der Waals surface area contributed by atoms with Gasteiger partial charge in [0.2, 0.25) is 0 Å². The van der Waals surface area contributed by atoms with Crippen LogP contribution in [0.2, 0.25) is 0 Å². The number of amides is 1. The Bertz CT molecular complexity index is 1170. The number of thiazole rings is 1. The van der Waals surface area contributed by atoms with Crippen molar-refractivity contribution in [1.29, 1.82) is 0 Å². The van der Waals surface area contributed by atoms with Gasteiger partial charge >= 0.3 is 0 Å². The summed E-state index contributed by atoms with van der Waals surface area (Å²) in [6.07, 6.45) is 1.30. The lowest BCUT2D eigenvalue weighted by Crippen LogP contribution is -2.14. The van der Waals surface area contributed by atoms with E-state index in [0.717, 1.165) is 27.6 Å². The number of sulfone groups is 1. The van der Waals surface area contributed by atoms with Gasteiger partial charge in [0.25, 0.3) is 5.91 Å². The second kappa shape index (κ2) is 6.81. The molecule has 0 spiro atoms. The minimum Gasteiger partial charge on any atom is -0.319 e. The van der Waals surface area contributed by atoms with Gasteiger partial charge in [-0.2, -0.15) is 4.99 Å². The lowest BCUT2D eigenvalue weighted by molar-refractivity contribution is -0.117. The fraction of sp³-hybridized carbons (Fsp3) is 0.263. The van der Waals surface area contributed by atoms with Gasteiger partial charge in [0.1, 0.15) is 0 Å². The molecule has 0 atom stereocenters. The van der Waals surface area contributed by atoms with Gasteiger partial charge in [0.05, 0.1) is 21.5 Å². The van der Waals surface area contributed by atoms with Crippen LogP contribution in [0.15, 0.2) is 46.3 Å². The van der Waals surface area contributed by atoms with Crippen LogP contribution < -0.4 is 4.80 Å². The number of aromatic nitrogens is 1. The number of rotatable bonds is 3. The third-order valence-corrected chi connectivity index (χ3v) is 6.37. The number of aryl methyl sites for hydroxylation is 3. The fourth-order valence-corrected chi connectivity index (χ4v) is 4.81. The van der Waals surface area contributed by atoms with Crippen molar-refractivity contribution < 1.29 is 13.2 Å². The summed E-state index contributed by atoms with van der Waals surface area (Å²) in [7, 11) is -1.32. The summed E-state index contributed by atoms with van der Waals surface area (Å²) in [5.74, 6) is -0.256. The normalized spacial score (nSPS) is 12.7. The maximum absolute atomic E-state index is 12.4. The standard InChI is InChI=1S/C19H20N2O3S2/c1-12-9-13(2)18-16(10-12)25-19(21(18)3)20-17(22)11-14-5-7-15(8-6-14)26(4,23)24/h5-10H,11H2,1-4H3. The molecule has 2 aromatic carbocycles. The zero-order valence-electron chi connectivity index (χ0n) is 15.1. The summed E-state index contributed by atoms with van der Waals surface area (Å²) in [5, 5.41) is 0. The molecule has 0 fully saturated rings. The van der Waals surface area contributed by atoms with E-state index in [1.165, 1.54) is 29.0 Å². The van der Waals surface area contributed by atoms with E-state index < -0.39 is 9.84 Å². The second-order valence-electron chi connectivity index (χ2n) is 6.47. The summed E-state index contributed by atoms with van der Waals surface area (Å²) < 4.78 is 26.0. The molecule has 1 aromatic heterocycles. The second-order valence-corrected chi connectivity index (χ2v) is 9.50. The highest BCUT2D eigenvalue weighted by Gasteiger charge is 2.10. The molecule has 0 bridgehead atoms. The van der Waals surface area contributed by atoms with Crippen LogP contribution in [0.4, 0.5) is 0 Å². The van der Waals surface area contributed by atoms with Crippen LogP contribution in [0, 0.1) is 13.8 Å². The summed E-state index contributed by atoms with van der Waals surface area (Å²) in [4.78, 5) is 17.5. The third kappa shape index (κ3) is 3.78. The van der Waals surface area contributed by atoms with E-state index in [4.69, 9.17) is 0 Å².